The lowest BCUT2D eigenvalue weighted by Gasteiger charge is -2.14. The van der Waals surface area contributed by atoms with Crippen molar-refractivity contribution in [1.29, 1.82) is 0 Å². The highest BCUT2D eigenvalue weighted by atomic mass is 35.5. The van der Waals surface area contributed by atoms with E-state index in [0.29, 0.717) is 16.1 Å². The van der Waals surface area contributed by atoms with Crippen LogP contribution in [0.15, 0.2) is 71.5 Å². The zero-order valence-electron chi connectivity index (χ0n) is 16.6. The fourth-order valence-corrected chi connectivity index (χ4v) is 3.53. The molecule has 0 bridgehead atoms. The molecule has 4 aromatic rings. The summed E-state index contributed by atoms with van der Waals surface area (Å²) >= 11 is 5.90. The minimum absolute atomic E-state index is 0.108. The summed E-state index contributed by atoms with van der Waals surface area (Å²) in [5.41, 5.74) is 6.75. The Balaban J connectivity index is 1.78. The van der Waals surface area contributed by atoms with E-state index < -0.39 is 0 Å². The molecule has 1 amide bonds. The van der Waals surface area contributed by atoms with Crippen molar-refractivity contribution < 1.29 is 4.79 Å². The Morgan fingerprint density at radius 1 is 1.00 bits per heavy atom. The quantitative estimate of drug-likeness (QED) is 0.525. The van der Waals surface area contributed by atoms with E-state index in [-0.39, 0.29) is 17.9 Å². The van der Waals surface area contributed by atoms with Crippen LogP contribution in [0.2, 0.25) is 5.02 Å². The summed E-state index contributed by atoms with van der Waals surface area (Å²) in [5, 5.41) is 6.37. The molecule has 150 valence electrons. The van der Waals surface area contributed by atoms with E-state index in [1.54, 1.807) is 36.4 Å². The summed E-state index contributed by atoms with van der Waals surface area (Å²) in [4.78, 5) is 26.6. The number of hydrogen-bond acceptors (Lipinski definition) is 3. The second-order valence-corrected chi connectivity index (χ2v) is 7.70. The largest absolute Gasteiger partial charge is 0.294 e. The van der Waals surface area contributed by atoms with Crippen molar-refractivity contribution in [3.63, 3.8) is 0 Å². The molecular formula is C24H20ClN3O2. The molecule has 6 heteroatoms. The first-order valence-electron chi connectivity index (χ1n) is 9.56. The Hall–Kier alpha value is -3.44. The third-order valence-electron chi connectivity index (χ3n) is 4.96. The minimum atomic E-state index is -0.371. The van der Waals surface area contributed by atoms with Gasteiger partial charge in [-0.3, -0.25) is 9.59 Å². The smallest absolute Gasteiger partial charge is 0.273 e. The topological polar surface area (TPSA) is 64.0 Å². The molecule has 0 radical (unpaired) electrons. The number of hydrogen-bond donors (Lipinski definition) is 1. The molecule has 1 N–H and O–H groups in total. The van der Waals surface area contributed by atoms with Crippen molar-refractivity contribution in [3.05, 3.63) is 98.8 Å². The van der Waals surface area contributed by atoms with Gasteiger partial charge in [-0.1, -0.05) is 59.6 Å². The molecule has 0 fully saturated rings. The summed E-state index contributed by atoms with van der Waals surface area (Å²) in [6.07, 6.45) is 0.108. The van der Waals surface area contributed by atoms with Crippen LogP contribution in [0.25, 0.3) is 22.0 Å². The van der Waals surface area contributed by atoms with Crippen molar-refractivity contribution >= 4 is 28.3 Å². The van der Waals surface area contributed by atoms with Crippen LogP contribution in [0, 0.1) is 13.8 Å². The summed E-state index contributed by atoms with van der Waals surface area (Å²) in [6.45, 7) is 4.01. The maximum Gasteiger partial charge on any atom is 0.294 e. The van der Waals surface area contributed by atoms with Gasteiger partial charge >= 0.3 is 0 Å². The summed E-state index contributed by atoms with van der Waals surface area (Å²) in [5.74, 6) is -0.339. The third kappa shape index (κ3) is 3.98. The molecule has 0 aliphatic carbocycles. The third-order valence-corrected chi connectivity index (χ3v) is 5.21. The summed E-state index contributed by atoms with van der Waals surface area (Å²) in [7, 11) is 0. The highest BCUT2D eigenvalue weighted by Gasteiger charge is 2.15. The van der Waals surface area contributed by atoms with Crippen LogP contribution in [-0.4, -0.2) is 15.8 Å². The van der Waals surface area contributed by atoms with E-state index in [4.69, 9.17) is 11.6 Å². The number of benzene rings is 3. The predicted octanol–water partition coefficient (Wildman–Crippen LogP) is 4.65. The molecule has 0 spiro atoms. The van der Waals surface area contributed by atoms with Gasteiger partial charge < -0.3 is 0 Å². The Kier molecular flexibility index (Phi) is 5.38. The predicted molar refractivity (Wildman–Crippen MR) is 120 cm³/mol. The first kappa shape index (κ1) is 19.9. The van der Waals surface area contributed by atoms with E-state index in [9.17, 15) is 9.59 Å². The highest BCUT2D eigenvalue weighted by molar-refractivity contribution is 6.30. The van der Waals surface area contributed by atoms with E-state index in [2.05, 4.69) is 10.5 Å². The summed E-state index contributed by atoms with van der Waals surface area (Å²) in [6, 6.07) is 20.4. The Bertz CT molecular complexity index is 1310. The molecule has 0 unspecified atom stereocenters. The maximum absolute atomic E-state index is 13.0. The SMILES string of the molecule is Cc1ccc(C)c(-c2nn(NC(=O)Cc3ccc(Cl)cc3)c(=O)c3ccccc23)c1. The average molecular weight is 418 g/mol. The van der Waals surface area contributed by atoms with Crippen LogP contribution >= 0.6 is 11.6 Å². The molecule has 0 aliphatic rings. The molecule has 0 aliphatic heterocycles. The molecule has 1 aromatic heterocycles. The van der Waals surface area contributed by atoms with Gasteiger partial charge in [0.25, 0.3) is 5.56 Å². The van der Waals surface area contributed by atoms with Crippen LogP contribution in [0.5, 0.6) is 0 Å². The van der Waals surface area contributed by atoms with E-state index >= 15 is 0 Å². The Labute approximate surface area is 178 Å². The molecule has 5 nitrogen and oxygen atoms in total. The number of halogens is 1. The first-order chi connectivity index (χ1) is 14.4. The van der Waals surface area contributed by atoms with Crippen molar-refractivity contribution in [2.45, 2.75) is 20.3 Å². The van der Waals surface area contributed by atoms with Crippen molar-refractivity contribution in [3.8, 4) is 11.3 Å². The van der Waals surface area contributed by atoms with Gasteiger partial charge in [-0.25, -0.2) is 5.43 Å². The number of rotatable bonds is 4. The Morgan fingerprint density at radius 2 is 1.70 bits per heavy atom. The molecule has 1 heterocycles. The minimum Gasteiger partial charge on any atom is -0.273 e. The lowest BCUT2D eigenvalue weighted by Crippen LogP contribution is -2.36. The molecule has 30 heavy (non-hydrogen) atoms. The van der Waals surface area contributed by atoms with Gasteiger partial charge in [0.2, 0.25) is 5.91 Å². The molecule has 0 atom stereocenters. The molecular weight excluding hydrogens is 398 g/mol. The van der Waals surface area contributed by atoms with Gasteiger partial charge in [-0.05, 0) is 49.2 Å². The normalized spacial score (nSPS) is 10.9. The van der Waals surface area contributed by atoms with Crippen LogP contribution in [0.4, 0.5) is 0 Å². The first-order valence-corrected chi connectivity index (χ1v) is 9.94. The number of nitrogens with zero attached hydrogens (tertiary/aromatic N) is 2. The maximum atomic E-state index is 13.0. The molecule has 3 aromatic carbocycles. The fourth-order valence-electron chi connectivity index (χ4n) is 3.40. The van der Waals surface area contributed by atoms with E-state index in [1.807, 2.05) is 44.2 Å². The number of aryl methyl sites for hydroxylation is 2. The molecule has 4 rings (SSSR count). The number of carbonyl (C=O) groups is 1. The lowest BCUT2D eigenvalue weighted by molar-refractivity contribution is -0.116. The number of nitrogens with one attached hydrogen (secondary N) is 1. The van der Waals surface area contributed by atoms with Gasteiger partial charge in [0.15, 0.2) is 0 Å². The van der Waals surface area contributed by atoms with E-state index in [0.717, 1.165) is 32.4 Å². The zero-order valence-corrected chi connectivity index (χ0v) is 17.4. The van der Waals surface area contributed by atoms with Gasteiger partial charge in [0.1, 0.15) is 5.69 Å². The van der Waals surface area contributed by atoms with Crippen LogP contribution < -0.4 is 11.0 Å². The van der Waals surface area contributed by atoms with Crippen molar-refractivity contribution in [2.75, 3.05) is 5.43 Å². The second kappa shape index (κ2) is 8.13. The van der Waals surface area contributed by atoms with Gasteiger partial charge in [-0.2, -0.15) is 0 Å². The Morgan fingerprint density at radius 3 is 2.43 bits per heavy atom. The van der Waals surface area contributed by atoms with E-state index in [1.165, 1.54) is 0 Å². The second-order valence-electron chi connectivity index (χ2n) is 7.27. The van der Waals surface area contributed by atoms with Crippen molar-refractivity contribution in [2.24, 2.45) is 0 Å². The summed E-state index contributed by atoms with van der Waals surface area (Å²) < 4.78 is 0. The van der Waals surface area contributed by atoms with Crippen LogP contribution in [0.3, 0.4) is 0 Å². The fraction of sp³-hybridized carbons (Fsp3) is 0.125. The van der Waals surface area contributed by atoms with Gasteiger partial charge in [0.05, 0.1) is 11.8 Å². The molecule has 0 saturated heterocycles. The monoisotopic (exact) mass is 417 g/mol. The molecule has 0 saturated carbocycles. The van der Waals surface area contributed by atoms with Gasteiger partial charge in [0, 0.05) is 16.0 Å². The highest BCUT2D eigenvalue weighted by Crippen LogP contribution is 2.28. The number of fused-ring (bicyclic) bond motifs is 1. The van der Waals surface area contributed by atoms with Gasteiger partial charge in [-0.15, -0.1) is 9.89 Å². The number of amides is 1. The average Bonchev–Trinajstić information content (AvgIpc) is 2.74. The lowest BCUT2D eigenvalue weighted by atomic mass is 9.99. The van der Waals surface area contributed by atoms with Crippen LogP contribution in [-0.2, 0) is 11.2 Å². The van der Waals surface area contributed by atoms with Crippen molar-refractivity contribution in [1.82, 2.24) is 9.89 Å². The number of aromatic nitrogens is 2. The number of carbonyl (C=O) groups excluding carboxylic acids is 1. The standard InChI is InChI=1S/C24H20ClN3O2/c1-15-7-8-16(2)21(13-15)23-19-5-3-4-6-20(19)24(30)28(27-23)26-22(29)14-17-9-11-18(25)12-10-17/h3-13H,14H2,1-2H3,(H,26,29). The zero-order chi connectivity index (χ0) is 21.3. The van der Waals surface area contributed by atoms with Crippen LogP contribution in [0.1, 0.15) is 16.7 Å².